The van der Waals surface area contributed by atoms with Crippen LogP contribution in [0.5, 0.6) is 0 Å². The molecule has 4 rings (SSSR count). The standard InChI is InChI=1S/C29H24O6/c1-18(12-13-19(2)35-29(33)21-8-4-3-5-9-21)28(32)34-17-20-14-15-24-25(16-20)27(31)23-11-7-6-10-22(23)26(24)30/h3-16,18-19H,17H2,1-2H3/b13-12+. The summed E-state index contributed by atoms with van der Waals surface area (Å²) in [5, 5.41) is 0. The Labute approximate surface area is 203 Å². The Morgan fingerprint density at radius 3 is 2.06 bits per heavy atom. The summed E-state index contributed by atoms with van der Waals surface area (Å²) >= 11 is 0. The molecule has 2 unspecified atom stereocenters. The van der Waals surface area contributed by atoms with Crippen molar-refractivity contribution in [3.63, 3.8) is 0 Å². The zero-order valence-corrected chi connectivity index (χ0v) is 19.4. The normalized spacial score (nSPS) is 14.1. The molecular formula is C29H24O6. The summed E-state index contributed by atoms with van der Waals surface area (Å²) in [6.45, 7) is 3.35. The Morgan fingerprint density at radius 2 is 1.37 bits per heavy atom. The van der Waals surface area contributed by atoms with Crippen LogP contribution in [0.25, 0.3) is 0 Å². The zero-order valence-electron chi connectivity index (χ0n) is 19.4. The summed E-state index contributed by atoms with van der Waals surface area (Å²) in [6.07, 6.45) is 2.73. The van der Waals surface area contributed by atoms with Crippen molar-refractivity contribution in [2.45, 2.75) is 26.6 Å². The van der Waals surface area contributed by atoms with Crippen molar-refractivity contribution in [2.24, 2.45) is 5.92 Å². The minimum atomic E-state index is -0.569. The first kappa shape index (κ1) is 23.8. The highest BCUT2D eigenvalue weighted by atomic mass is 16.5. The second-order valence-electron chi connectivity index (χ2n) is 8.34. The fourth-order valence-electron chi connectivity index (χ4n) is 3.77. The highest BCUT2D eigenvalue weighted by Gasteiger charge is 2.29. The maximum absolute atomic E-state index is 12.9. The molecule has 176 valence electrons. The van der Waals surface area contributed by atoms with Crippen molar-refractivity contribution < 1.29 is 28.7 Å². The van der Waals surface area contributed by atoms with Crippen molar-refractivity contribution in [1.82, 2.24) is 0 Å². The van der Waals surface area contributed by atoms with Gasteiger partial charge in [-0.15, -0.1) is 0 Å². The number of esters is 2. The molecule has 0 saturated carbocycles. The monoisotopic (exact) mass is 468 g/mol. The van der Waals surface area contributed by atoms with Gasteiger partial charge in [0.2, 0.25) is 0 Å². The molecule has 35 heavy (non-hydrogen) atoms. The molecule has 0 saturated heterocycles. The van der Waals surface area contributed by atoms with Gasteiger partial charge >= 0.3 is 11.9 Å². The smallest absolute Gasteiger partial charge is 0.338 e. The van der Waals surface area contributed by atoms with Gasteiger partial charge in [-0.3, -0.25) is 14.4 Å². The molecule has 0 radical (unpaired) electrons. The van der Waals surface area contributed by atoms with E-state index in [-0.39, 0.29) is 18.2 Å². The van der Waals surface area contributed by atoms with E-state index in [0.717, 1.165) is 0 Å². The van der Waals surface area contributed by atoms with Crippen molar-refractivity contribution in [3.05, 3.63) is 118 Å². The van der Waals surface area contributed by atoms with Crippen molar-refractivity contribution in [3.8, 4) is 0 Å². The van der Waals surface area contributed by atoms with Crippen LogP contribution in [0.3, 0.4) is 0 Å². The van der Waals surface area contributed by atoms with Crippen LogP contribution in [0.4, 0.5) is 0 Å². The summed E-state index contributed by atoms with van der Waals surface area (Å²) < 4.78 is 10.8. The summed E-state index contributed by atoms with van der Waals surface area (Å²) in [5.41, 5.74) is 2.49. The topological polar surface area (TPSA) is 86.7 Å². The van der Waals surface area contributed by atoms with E-state index in [4.69, 9.17) is 9.47 Å². The van der Waals surface area contributed by atoms with Gasteiger partial charge in [0, 0.05) is 22.3 Å². The number of benzene rings is 3. The van der Waals surface area contributed by atoms with Gasteiger partial charge in [-0.05, 0) is 49.8 Å². The van der Waals surface area contributed by atoms with Crippen molar-refractivity contribution >= 4 is 23.5 Å². The first-order valence-corrected chi connectivity index (χ1v) is 11.3. The van der Waals surface area contributed by atoms with Crippen LogP contribution in [0.1, 0.15) is 61.6 Å². The second kappa shape index (κ2) is 10.3. The molecule has 0 bridgehead atoms. The van der Waals surface area contributed by atoms with Crippen molar-refractivity contribution in [1.29, 1.82) is 0 Å². The van der Waals surface area contributed by atoms with E-state index < -0.39 is 24.0 Å². The molecule has 0 aliphatic heterocycles. The van der Waals surface area contributed by atoms with E-state index in [9.17, 15) is 19.2 Å². The molecular weight excluding hydrogens is 444 g/mol. The Morgan fingerprint density at radius 1 is 0.771 bits per heavy atom. The van der Waals surface area contributed by atoms with E-state index in [1.54, 1.807) is 92.7 Å². The van der Waals surface area contributed by atoms with Crippen molar-refractivity contribution in [2.75, 3.05) is 0 Å². The Bertz CT molecular complexity index is 1320. The van der Waals surface area contributed by atoms with Crippen LogP contribution in [-0.2, 0) is 20.9 Å². The maximum atomic E-state index is 12.9. The lowest BCUT2D eigenvalue weighted by Crippen LogP contribution is -2.21. The van der Waals surface area contributed by atoms with E-state index >= 15 is 0 Å². The van der Waals surface area contributed by atoms with Crippen LogP contribution in [0.15, 0.2) is 84.9 Å². The second-order valence-corrected chi connectivity index (χ2v) is 8.34. The molecule has 0 aromatic heterocycles. The highest BCUT2D eigenvalue weighted by molar-refractivity contribution is 6.28. The van der Waals surface area contributed by atoms with E-state index in [1.807, 2.05) is 6.07 Å². The van der Waals surface area contributed by atoms with Gasteiger partial charge < -0.3 is 9.47 Å². The molecule has 2 atom stereocenters. The molecule has 6 nitrogen and oxygen atoms in total. The van der Waals surface area contributed by atoms with Gasteiger partial charge in [0.25, 0.3) is 0 Å². The molecule has 1 aliphatic rings. The van der Waals surface area contributed by atoms with Gasteiger partial charge in [0.1, 0.15) is 12.7 Å². The van der Waals surface area contributed by atoms with Gasteiger partial charge in [-0.25, -0.2) is 4.79 Å². The SMILES string of the molecule is CC(/C=C/C(C)C(=O)OCc1ccc2c(c1)C(=O)c1ccccc1C2=O)OC(=O)c1ccccc1. The predicted octanol–water partition coefficient (Wildman–Crippen LogP) is 4.94. The largest absolute Gasteiger partial charge is 0.460 e. The average molecular weight is 469 g/mol. The van der Waals surface area contributed by atoms with E-state index in [0.29, 0.717) is 33.4 Å². The third-order valence-electron chi connectivity index (χ3n) is 5.72. The van der Waals surface area contributed by atoms with Gasteiger partial charge in [-0.1, -0.05) is 54.6 Å². The number of carbonyl (C=O) groups is 4. The molecule has 3 aromatic rings. The molecule has 1 aliphatic carbocycles. The molecule has 3 aromatic carbocycles. The Hall–Kier alpha value is -4.32. The fraction of sp³-hybridized carbons (Fsp3) is 0.172. The lowest BCUT2D eigenvalue weighted by Gasteiger charge is -2.18. The third kappa shape index (κ3) is 5.27. The highest BCUT2D eigenvalue weighted by Crippen LogP contribution is 2.28. The van der Waals surface area contributed by atoms with E-state index in [2.05, 4.69) is 0 Å². The van der Waals surface area contributed by atoms with E-state index in [1.165, 1.54) is 0 Å². The minimum Gasteiger partial charge on any atom is -0.460 e. The number of ketones is 2. The molecule has 0 fully saturated rings. The lowest BCUT2D eigenvalue weighted by atomic mass is 9.83. The number of fused-ring (bicyclic) bond motifs is 2. The van der Waals surface area contributed by atoms with Crippen LogP contribution in [0.2, 0.25) is 0 Å². The summed E-state index contributed by atoms with van der Waals surface area (Å²) in [4.78, 5) is 50.1. The van der Waals surface area contributed by atoms with Crippen LogP contribution < -0.4 is 0 Å². The number of hydrogen-bond donors (Lipinski definition) is 0. The summed E-state index contributed by atoms with van der Waals surface area (Å²) in [6, 6.07) is 20.3. The molecule has 0 spiro atoms. The number of rotatable bonds is 7. The first-order valence-electron chi connectivity index (χ1n) is 11.3. The third-order valence-corrected chi connectivity index (χ3v) is 5.72. The summed E-state index contributed by atoms with van der Waals surface area (Å²) in [5.74, 6) is -1.90. The van der Waals surface area contributed by atoms with Gasteiger partial charge in [-0.2, -0.15) is 0 Å². The maximum Gasteiger partial charge on any atom is 0.338 e. The van der Waals surface area contributed by atoms with Gasteiger partial charge in [0.05, 0.1) is 11.5 Å². The van der Waals surface area contributed by atoms with Crippen LogP contribution in [0, 0.1) is 5.92 Å². The number of hydrogen-bond acceptors (Lipinski definition) is 6. The van der Waals surface area contributed by atoms with Gasteiger partial charge in [0.15, 0.2) is 11.6 Å². The zero-order chi connectivity index (χ0) is 24.9. The molecule has 0 N–H and O–H groups in total. The fourth-order valence-corrected chi connectivity index (χ4v) is 3.77. The first-order chi connectivity index (χ1) is 16.8. The number of carbonyl (C=O) groups excluding carboxylic acids is 4. The average Bonchev–Trinajstić information content (AvgIpc) is 2.89. The van der Waals surface area contributed by atoms with Crippen LogP contribution >= 0.6 is 0 Å². The molecule has 0 amide bonds. The predicted molar refractivity (Wildman–Crippen MR) is 129 cm³/mol. The lowest BCUT2D eigenvalue weighted by molar-refractivity contribution is -0.147. The summed E-state index contributed by atoms with van der Waals surface area (Å²) in [7, 11) is 0. The Kier molecular flexibility index (Phi) is 7.01. The molecule has 0 heterocycles. The Balaban J connectivity index is 1.34. The minimum absolute atomic E-state index is 0.0358. The number of ether oxygens (including phenoxy) is 2. The molecule has 6 heteroatoms. The quantitative estimate of drug-likeness (QED) is 0.282. The van der Waals surface area contributed by atoms with Crippen LogP contribution in [-0.4, -0.2) is 29.6 Å².